The number of hydrogen-bond acceptors (Lipinski definition) is 3. The summed E-state index contributed by atoms with van der Waals surface area (Å²) in [6.45, 7) is 7.98. The van der Waals surface area contributed by atoms with E-state index in [2.05, 4.69) is 5.32 Å². The first-order valence-corrected chi connectivity index (χ1v) is 9.09. The SMILES string of the molecule is Cc1ccc(C2=C(Nc3ccc(F)c(F)c3)C(=O)N(CC(C)C)C2=O)cc1C. The molecule has 2 amide bonds. The number of hydrogen-bond donors (Lipinski definition) is 1. The molecule has 0 atom stereocenters. The molecule has 0 aliphatic carbocycles. The van der Waals surface area contributed by atoms with Crippen LogP contribution in [0.15, 0.2) is 42.1 Å². The number of aryl methyl sites for hydroxylation is 2. The summed E-state index contributed by atoms with van der Waals surface area (Å²) in [5.74, 6) is -2.79. The fourth-order valence-corrected chi connectivity index (χ4v) is 3.11. The minimum absolute atomic E-state index is 0.0694. The summed E-state index contributed by atoms with van der Waals surface area (Å²) in [6, 6.07) is 8.78. The molecule has 0 saturated heterocycles. The van der Waals surface area contributed by atoms with E-state index in [0.29, 0.717) is 5.56 Å². The molecule has 1 aliphatic heterocycles. The quantitative estimate of drug-likeness (QED) is 0.776. The van der Waals surface area contributed by atoms with E-state index in [4.69, 9.17) is 0 Å². The molecule has 0 bridgehead atoms. The van der Waals surface area contributed by atoms with Crippen molar-refractivity contribution < 1.29 is 18.4 Å². The van der Waals surface area contributed by atoms with Crippen LogP contribution >= 0.6 is 0 Å². The number of carbonyl (C=O) groups excluding carboxylic acids is 2. The van der Waals surface area contributed by atoms with E-state index in [1.807, 2.05) is 39.8 Å². The molecule has 0 unspecified atom stereocenters. The Balaban J connectivity index is 2.10. The molecule has 3 rings (SSSR count). The van der Waals surface area contributed by atoms with Gasteiger partial charge in [0.1, 0.15) is 5.70 Å². The first-order valence-electron chi connectivity index (χ1n) is 9.09. The van der Waals surface area contributed by atoms with Gasteiger partial charge in [0.2, 0.25) is 0 Å². The zero-order chi connectivity index (χ0) is 20.6. The number of imide groups is 1. The van der Waals surface area contributed by atoms with Crippen LogP contribution in [0.5, 0.6) is 0 Å². The molecule has 146 valence electrons. The van der Waals surface area contributed by atoms with Crippen LogP contribution in [-0.2, 0) is 9.59 Å². The summed E-state index contributed by atoms with van der Waals surface area (Å²) in [6.07, 6.45) is 0. The molecule has 0 saturated carbocycles. The predicted molar refractivity (Wildman–Crippen MR) is 104 cm³/mol. The predicted octanol–water partition coefficient (Wildman–Crippen LogP) is 4.43. The van der Waals surface area contributed by atoms with E-state index in [1.54, 1.807) is 6.07 Å². The standard InChI is InChI=1S/C22H22F2N2O2/c1-12(2)11-26-21(27)19(15-6-5-13(3)14(4)9-15)20(22(26)28)25-16-7-8-17(23)18(24)10-16/h5-10,12,25H,11H2,1-4H3. The molecule has 4 nitrogen and oxygen atoms in total. The fraction of sp³-hybridized carbons (Fsp3) is 0.273. The molecule has 0 aromatic heterocycles. The monoisotopic (exact) mass is 384 g/mol. The van der Waals surface area contributed by atoms with Crippen molar-refractivity contribution >= 4 is 23.1 Å². The third-order valence-electron chi connectivity index (χ3n) is 4.70. The van der Waals surface area contributed by atoms with Crippen LogP contribution in [0, 0.1) is 31.4 Å². The highest BCUT2D eigenvalue weighted by atomic mass is 19.2. The lowest BCUT2D eigenvalue weighted by Gasteiger charge is -2.17. The first kappa shape index (κ1) is 19.7. The molecule has 0 spiro atoms. The third kappa shape index (κ3) is 3.67. The van der Waals surface area contributed by atoms with Crippen LogP contribution in [0.2, 0.25) is 0 Å². The molecule has 6 heteroatoms. The van der Waals surface area contributed by atoms with Crippen molar-refractivity contribution in [2.24, 2.45) is 5.92 Å². The molecular formula is C22H22F2N2O2. The second kappa shape index (κ2) is 7.54. The number of rotatable bonds is 5. The largest absolute Gasteiger partial charge is 0.350 e. The van der Waals surface area contributed by atoms with Crippen LogP contribution in [-0.4, -0.2) is 23.3 Å². The van der Waals surface area contributed by atoms with Crippen molar-refractivity contribution in [3.8, 4) is 0 Å². The molecule has 0 fully saturated rings. The second-order valence-electron chi connectivity index (χ2n) is 7.42. The Morgan fingerprint density at radius 1 is 0.929 bits per heavy atom. The lowest BCUT2D eigenvalue weighted by Crippen LogP contribution is -2.35. The maximum Gasteiger partial charge on any atom is 0.278 e. The molecule has 2 aromatic rings. The smallest absolute Gasteiger partial charge is 0.278 e. The van der Waals surface area contributed by atoms with Crippen molar-refractivity contribution in [1.82, 2.24) is 4.90 Å². The fourth-order valence-electron chi connectivity index (χ4n) is 3.11. The minimum atomic E-state index is -1.03. The number of nitrogens with zero attached hydrogens (tertiary/aromatic N) is 1. The van der Waals surface area contributed by atoms with Gasteiger partial charge < -0.3 is 5.32 Å². The summed E-state index contributed by atoms with van der Waals surface area (Å²) in [5, 5.41) is 2.84. The van der Waals surface area contributed by atoms with Crippen LogP contribution in [0.4, 0.5) is 14.5 Å². The van der Waals surface area contributed by atoms with Gasteiger partial charge >= 0.3 is 0 Å². The highest BCUT2D eigenvalue weighted by Crippen LogP contribution is 2.32. The Kier molecular flexibility index (Phi) is 5.31. The van der Waals surface area contributed by atoms with Crippen LogP contribution in [0.3, 0.4) is 0 Å². The second-order valence-corrected chi connectivity index (χ2v) is 7.42. The van der Waals surface area contributed by atoms with Gasteiger partial charge in [-0.2, -0.15) is 0 Å². The molecule has 1 N–H and O–H groups in total. The van der Waals surface area contributed by atoms with Gasteiger partial charge in [-0.25, -0.2) is 8.78 Å². The van der Waals surface area contributed by atoms with Gasteiger partial charge in [-0.05, 0) is 48.6 Å². The van der Waals surface area contributed by atoms with Crippen LogP contribution < -0.4 is 5.32 Å². The number of carbonyl (C=O) groups is 2. The van der Waals surface area contributed by atoms with Crippen molar-refractivity contribution in [3.05, 3.63) is 70.4 Å². The highest BCUT2D eigenvalue weighted by molar-refractivity contribution is 6.36. The van der Waals surface area contributed by atoms with Gasteiger partial charge in [-0.1, -0.05) is 32.0 Å². The first-order chi connectivity index (χ1) is 13.2. The van der Waals surface area contributed by atoms with E-state index in [1.165, 1.54) is 11.0 Å². The summed E-state index contributed by atoms with van der Waals surface area (Å²) >= 11 is 0. The van der Waals surface area contributed by atoms with Gasteiger partial charge in [-0.15, -0.1) is 0 Å². The topological polar surface area (TPSA) is 49.4 Å². The molecule has 0 radical (unpaired) electrons. The molecule has 28 heavy (non-hydrogen) atoms. The van der Waals surface area contributed by atoms with Gasteiger partial charge in [0.25, 0.3) is 11.8 Å². The summed E-state index contributed by atoms with van der Waals surface area (Å²) in [4.78, 5) is 27.2. The number of halogens is 2. The summed E-state index contributed by atoms with van der Waals surface area (Å²) in [5.41, 5.74) is 3.16. The van der Waals surface area contributed by atoms with Gasteiger partial charge in [-0.3, -0.25) is 14.5 Å². The number of benzene rings is 2. The zero-order valence-electron chi connectivity index (χ0n) is 16.3. The maximum atomic E-state index is 13.6. The summed E-state index contributed by atoms with van der Waals surface area (Å²) in [7, 11) is 0. The zero-order valence-corrected chi connectivity index (χ0v) is 16.3. The molecular weight excluding hydrogens is 362 g/mol. The number of anilines is 1. The number of amides is 2. The lowest BCUT2D eigenvalue weighted by atomic mass is 9.99. The van der Waals surface area contributed by atoms with Gasteiger partial charge in [0.15, 0.2) is 11.6 Å². The van der Waals surface area contributed by atoms with Crippen LogP contribution in [0.25, 0.3) is 5.57 Å². The van der Waals surface area contributed by atoms with E-state index in [0.717, 1.165) is 23.3 Å². The Morgan fingerprint density at radius 3 is 2.25 bits per heavy atom. The van der Waals surface area contributed by atoms with Crippen molar-refractivity contribution in [1.29, 1.82) is 0 Å². The lowest BCUT2D eigenvalue weighted by molar-refractivity contribution is -0.137. The average molecular weight is 384 g/mol. The highest BCUT2D eigenvalue weighted by Gasteiger charge is 2.39. The average Bonchev–Trinajstić information content (AvgIpc) is 2.85. The van der Waals surface area contributed by atoms with E-state index >= 15 is 0 Å². The minimum Gasteiger partial charge on any atom is -0.350 e. The Hall–Kier alpha value is -3.02. The maximum absolute atomic E-state index is 13.6. The van der Waals surface area contributed by atoms with Gasteiger partial charge in [0.05, 0.1) is 5.57 Å². The van der Waals surface area contributed by atoms with Crippen molar-refractivity contribution in [3.63, 3.8) is 0 Å². The van der Waals surface area contributed by atoms with Gasteiger partial charge in [0, 0.05) is 18.3 Å². The van der Waals surface area contributed by atoms with E-state index in [-0.39, 0.29) is 29.4 Å². The van der Waals surface area contributed by atoms with Crippen molar-refractivity contribution in [2.75, 3.05) is 11.9 Å². The third-order valence-corrected chi connectivity index (χ3v) is 4.70. The summed E-state index contributed by atoms with van der Waals surface area (Å²) < 4.78 is 26.8. The molecule has 1 aliphatic rings. The van der Waals surface area contributed by atoms with E-state index in [9.17, 15) is 18.4 Å². The van der Waals surface area contributed by atoms with Crippen molar-refractivity contribution in [2.45, 2.75) is 27.7 Å². The number of nitrogens with one attached hydrogen (secondary N) is 1. The molecule has 1 heterocycles. The molecule has 2 aromatic carbocycles. The Labute approximate surface area is 162 Å². The normalized spacial score (nSPS) is 14.5. The Bertz CT molecular complexity index is 996. The van der Waals surface area contributed by atoms with E-state index < -0.39 is 23.4 Å². The Morgan fingerprint density at radius 2 is 1.64 bits per heavy atom. The van der Waals surface area contributed by atoms with Crippen LogP contribution in [0.1, 0.15) is 30.5 Å².